The Labute approximate surface area is 168 Å². The van der Waals surface area contributed by atoms with Gasteiger partial charge in [-0.1, -0.05) is 6.07 Å². The number of carbonyl (C=O) groups is 1. The SMILES string of the molecule is COc1ccc(CN2CCOC[C@]3(CC(=O)N(c4ccc(F)cc4)C3)C2)c(F)c1. The Balaban J connectivity index is 1.51. The van der Waals surface area contributed by atoms with E-state index in [0.717, 1.165) is 0 Å². The lowest BCUT2D eigenvalue weighted by molar-refractivity contribution is -0.118. The number of hydrogen-bond acceptors (Lipinski definition) is 4. The zero-order chi connectivity index (χ0) is 20.4. The molecule has 0 saturated carbocycles. The molecule has 2 aromatic rings. The molecule has 2 heterocycles. The summed E-state index contributed by atoms with van der Waals surface area (Å²) in [6.07, 6.45) is 0.353. The molecule has 2 aliphatic heterocycles. The van der Waals surface area contributed by atoms with Crippen molar-refractivity contribution in [2.75, 3.05) is 44.9 Å². The summed E-state index contributed by atoms with van der Waals surface area (Å²) < 4.78 is 38.5. The molecule has 0 bridgehead atoms. The van der Waals surface area contributed by atoms with Crippen LogP contribution in [0.15, 0.2) is 42.5 Å². The summed E-state index contributed by atoms with van der Waals surface area (Å²) in [7, 11) is 1.51. The van der Waals surface area contributed by atoms with Gasteiger partial charge >= 0.3 is 0 Å². The minimum absolute atomic E-state index is 0.00214. The first-order valence-corrected chi connectivity index (χ1v) is 9.66. The number of rotatable bonds is 4. The van der Waals surface area contributed by atoms with E-state index in [9.17, 15) is 13.6 Å². The highest BCUT2D eigenvalue weighted by atomic mass is 19.1. The highest BCUT2D eigenvalue weighted by molar-refractivity contribution is 5.96. The lowest BCUT2D eigenvalue weighted by Gasteiger charge is -2.31. The number of benzene rings is 2. The number of hydrogen-bond donors (Lipinski definition) is 0. The molecule has 1 amide bonds. The van der Waals surface area contributed by atoms with Gasteiger partial charge < -0.3 is 14.4 Å². The van der Waals surface area contributed by atoms with E-state index in [4.69, 9.17) is 9.47 Å². The van der Waals surface area contributed by atoms with E-state index < -0.39 is 0 Å². The van der Waals surface area contributed by atoms with Crippen molar-refractivity contribution >= 4 is 11.6 Å². The van der Waals surface area contributed by atoms with Gasteiger partial charge in [-0.05, 0) is 30.3 Å². The first-order chi connectivity index (χ1) is 14.0. The van der Waals surface area contributed by atoms with Crippen molar-refractivity contribution in [3.05, 3.63) is 59.7 Å². The molecule has 0 radical (unpaired) electrons. The molecule has 0 N–H and O–H groups in total. The molecular weight excluding hydrogens is 378 g/mol. The Bertz CT molecular complexity index is 890. The van der Waals surface area contributed by atoms with Gasteiger partial charge in [0.05, 0.1) is 20.3 Å². The van der Waals surface area contributed by atoms with Crippen LogP contribution in [0.5, 0.6) is 5.75 Å². The average molecular weight is 402 g/mol. The third-order valence-electron chi connectivity index (χ3n) is 5.63. The van der Waals surface area contributed by atoms with Crippen molar-refractivity contribution in [3.8, 4) is 5.75 Å². The number of ether oxygens (including phenoxy) is 2. The largest absolute Gasteiger partial charge is 0.497 e. The molecule has 2 aromatic carbocycles. The minimum atomic E-state index is -0.370. The first kappa shape index (κ1) is 19.8. The number of amides is 1. The van der Waals surface area contributed by atoms with Crippen LogP contribution in [-0.4, -0.2) is 50.8 Å². The number of nitrogens with zero attached hydrogens (tertiary/aromatic N) is 2. The fraction of sp³-hybridized carbons (Fsp3) is 0.409. The molecule has 2 saturated heterocycles. The molecule has 0 aliphatic carbocycles. The number of carbonyl (C=O) groups excluding carboxylic acids is 1. The van der Waals surface area contributed by atoms with Crippen molar-refractivity contribution in [2.45, 2.75) is 13.0 Å². The molecule has 2 fully saturated rings. The van der Waals surface area contributed by atoms with E-state index in [1.165, 1.54) is 25.3 Å². The van der Waals surface area contributed by atoms with Gasteiger partial charge in [-0.15, -0.1) is 0 Å². The predicted molar refractivity (Wildman–Crippen MR) is 105 cm³/mol. The van der Waals surface area contributed by atoms with E-state index in [0.29, 0.717) is 62.8 Å². The molecule has 1 spiro atoms. The third kappa shape index (κ3) is 4.26. The predicted octanol–water partition coefficient (Wildman–Crippen LogP) is 3.23. The van der Waals surface area contributed by atoms with Gasteiger partial charge in [-0.3, -0.25) is 9.69 Å². The second-order valence-electron chi connectivity index (χ2n) is 7.85. The molecule has 29 heavy (non-hydrogen) atoms. The van der Waals surface area contributed by atoms with E-state index in [-0.39, 0.29) is 23.0 Å². The fourth-order valence-electron chi connectivity index (χ4n) is 4.20. The molecule has 7 heteroatoms. The first-order valence-electron chi connectivity index (χ1n) is 9.66. The highest BCUT2D eigenvalue weighted by Gasteiger charge is 2.46. The number of halogens is 2. The van der Waals surface area contributed by atoms with Gasteiger partial charge in [-0.2, -0.15) is 0 Å². The molecule has 0 aromatic heterocycles. The van der Waals surface area contributed by atoms with Crippen LogP contribution in [0.1, 0.15) is 12.0 Å². The lowest BCUT2D eigenvalue weighted by atomic mass is 9.87. The van der Waals surface area contributed by atoms with Crippen LogP contribution in [0, 0.1) is 17.0 Å². The Morgan fingerprint density at radius 3 is 2.66 bits per heavy atom. The van der Waals surface area contributed by atoms with E-state index in [1.807, 2.05) is 0 Å². The van der Waals surface area contributed by atoms with Gasteiger partial charge in [0.1, 0.15) is 17.4 Å². The molecule has 0 unspecified atom stereocenters. The van der Waals surface area contributed by atoms with Crippen LogP contribution in [-0.2, 0) is 16.1 Å². The molecule has 5 nitrogen and oxygen atoms in total. The van der Waals surface area contributed by atoms with E-state index in [2.05, 4.69) is 4.90 Å². The Morgan fingerprint density at radius 2 is 1.93 bits per heavy atom. The zero-order valence-electron chi connectivity index (χ0n) is 16.4. The topological polar surface area (TPSA) is 42.0 Å². The smallest absolute Gasteiger partial charge is 0.227 e. The fourth-order valence-corrected chi connectivity index (χ4v) is 4.20. The van der Waals surface area contributed by atoms with Gasteiger partial charge in [0.25, 0.3) is 0 Å². The van der Waals surface area contributed by atoms with Crippen LogP contribution in [0.25, 0.3) is 0 Å². The summed E-state index contributed by atoms with van der Waals surface area (Å²) >= 11 is 0. The van der Waals surface area contributed by atoms with Crippen LogP contribution in [0.3, 0.4) is 0 Å². The second kappa shape index (κ2) is 8.08. The van der Waals surface area contributed by atoms with Crippen molar-refractivity contribution in [1.82, 2.24) is 4.90 Å². The summed E-state index contributed by atoms with van der Waals surface area (Å²) in [4.78, 5) is 16.6. The maximum atomic E-state index is 14.4. The normalized spacial score (nSPS) is 22.9. The van der Waals surface area contributed by atoms with Crippen molar-refractivity contribution in [3.63, 3.8) is 0 Å². The molecule has 2 aliphatic rings. The van der Waals surface area contributed by atoms with Crippen LogP contribution in [0.2, 0.25) is 0 Å². The molecule has 4 rings (SSSR count). The maximum Gasteiger partial charge on any atom is 0.227 e. The summed E-state index contributed by atoms with van der Waals surface area (Å²) in [5, 5.41) is 0. The Hall–Kier alpha value is -2.51. The van der Waals surface area contributed by atoms with Crippen LogP contribution >= 0.6 is 0 Å². The number of anilines is 1. The van der Waals surface area contributed by atoms with Crippen molar-refractivity contribution in [2.24, 2.45) is 5.41 Å². The van der Waals surface area contributed by atoms with Crippen LogP contribution in [0.4, 0.5) is 14.5 Å². The standard InChI is InChI=1S/C22H24F2N2O3/c1-28-19-7-2-16(20(24)10-19)12-25-8-9-29-15-22(13-25)11-21(27)26(14-22)18-5-3-17(23)4-6-18/h2-7,10H,8-9,11-15H2,1H3/t22-/m1/s1. The van der Waals surface area contributed by atoms with E-state index in [1.54, 1.807) is 29.2 Å². The summed E-state index contributed by atoms with van der Waals surface area (Å²) in [5.74, 6) is -0.157. The quantitative estimate of drug-likeness (QED) is 0.788. The summed E-state index contributed by atoms with van der Waals surface area (Å²) in [6, 6.07) is 10.8. The monoisotopic (exact) mass is 402 g/mol. The van der Waals surface area contributed by atoms with Crippen molar-refractivity contribution < 1.29 is 23.0 Å². The van der Waals surface area contributed by atoms with Gasteiger partial charge in [0.15, 0.2) is 0 Å². The molecule has 1 atom stereocenters. The second-order valence-corrected chi connectivity index (χ2v) is 7.85. The van der Waals surface area contributed by atoms with E-state index >= 15 is 0 Å². The average Bonchev–Trinajstić information content (AvgIpc) is 2.90. The van der Waals surface area contributed by atoms with Gasteiger partial charge in [0.2, 0.25) is 5.91 Å². The third-order valence-corrected chi connectivity index (χ3v) is 5.63. The summed E-state index contributed by atoms with van der Waals surface area (Å²) in [6.45, 7) is 3.23. The Morgan fingerprint density at radius 1 is 1.14 bits per heavy atom. The Kier molecular flexibility index (Phi) is 5.52. The van der Waals surface area contributed by atoms with Gasteiger partial charge in [0, 0.05) is 55.3 Å². The summed E-state index contributed by atoms with van der Waals surface area (Å²) in [5.41, 5.74) is 0.901. The zero-order valence-corrected chi connectivity index (χ0v) is 16.4. The maximum absolute atomic E-state index is 14.4. The minimum Gasteiger partial charge on any atom is -0.497 e. The van der Waals surface area contributed by atoms with Crippen molar-refractivity contribution in [1.29, 1.82) is 0 Å². The lowest BCUT2D eigenvalue weighted by Crippen LogP contribution is -2.40. The molecule has 154 valence electrons. The van der Waals surface area contributed by atoms with Gasteiger partial charge in [-0.25, -0.2) is 8.78 Å². The van der Waals surface area contributed by atoms with Crippen LogP contribution < -0.4 is 9.64 Å². The molecular formula is C22H24F2N2O3. The number of methoxy groups -OCH3 is 1. The highest BCUT2D eigenvalue weighted by Crippen LogP contribution is 2.37.